The number of nitrogens with zero attached hydrogens (tertiary/aromatic N) is 1. The number of benzene rings is 1. The largest absolute Gasteiger partial charge is 0.462 e. The summed E-state index contributed by atoms with van der Waals surface area (Å²) in [5.41, 5.74) is 3.08. The van der Waals surface area contributed by atoms with Crippen molar-refractivity contribution in [2.24, 2.45) is 0 Å². The molecule has 2 heterocycles. The number of ether oxygens (including phenoxy) is 1. The Morgan fingerprint density at radius 3 is 3.06 bits per heavy atom. The van der Waals surface area contributed by atoms with Gasteiger partial charge in [-0.3, -0.25) is 0 Å². The van der Waals surface area contributed by atoms with Crippen LogP contribution in [-0.4, -0.2) is 17.1 Å². The summed E-state index contributed by atoms with van der Waals surface area (Å²) in [5, 5.41) is 1.03. The molecule has 0 bridgehead atoms. The van der Waals surface area contributed by atoms with Crippen LogP contribution in [0.1, 0.15) is 29.4 Å². The van der Waals surface area contributed by atoms with E-state index in [0.717, 1.165) is 41.5 Å². The molecule has 1 aliphatic heterocycles. The quantitative estimate of drug-likeness (QED) is 0.741. The lowest BCUT2D eigenvalue weighted by Crippen LogP contribution is -2.06. The second-order valence-corrected chi connectivity index (χ2v) is 4.31. The van der Waals surface area contributed by atoms with Gasteiger partial charge >= 0.3 is 5.97 Å². The fourth-order valence-corrected chi connectivity index (χ4v) is 2.71. The fraction of sp³-hybridized carbons (Fsp3) is 0.357. The molecule has 0 aliphatic carbocycles. The minimum atomic E-state index is -0.181. The first kappa shape index (κ1) is 10.4. The lowest BCUT2D eigenvalue weighted by molar-refractivity contribution is 0.0527. The second kappa shape index (κ2) is 3.91. The first-order valence-corrected chi connectivity index (χ1v) is 6.10. The van der Waals surface area contributed by atoms with Gasteiger partial charge in [0, 0.05) is 23.1 Å². The van der Waals surface area contributed by atoms with Crippen LogP contribution in [-0.2, 0) is 17.7 Å². The van der Waals surface area contributed by atoms with Gasteiger partial charge in [0.15, 0.2) is 0 Å². The molecule has 0 saturated carbocycles. The molecule has 0 saturated heterocycles. The number of para-hydroxylation sites is 1. The van der Waals surface area contributed by atoms with E-state index in [1.54, 1.807) is 0 Å². The summed E-state index contributed by atoms with van der Waals surface area (Å²) in [4.78, 5) is 12.0. The number of carbonyl (C=O) groups is 1. The Labute approximate surface area is 100.0 Å². The molecule has 3 rings (SSSR count). The molecule has 0 atom stereocenters. The third-order valence-corrected chi connectivity index (χ3v) is 3.35. The average Bonchev–Trinajstić information content (AvgIpc) is 2.88. The second-order valence-electron chi connectivity index (χ2n) is 4.31. The van der Waals surface area contributed by atoms with Crippen molar-refractivity contribution in [3.63, 3.8) is 0 Å². The van der Waals surface area contributed by atoms with Crippen LogP contribution in [0.2, 0.25) is 0 Å². The van der Waals surface area contributed by atoms with Crippen molar-refractivity contribution in [1.29, 1.82) is 0 Å². The number of aromatic nitrogens is 1. The Morgan fingerprint density at radius 1 is 1.41 bits per heavy atom. The Morgan fingerprint density at radius 2 is 2.24 bits per heavy atom. The average molecular weight is 229 g/mol. The number of aryl methyl sites for hydroxylation is 1. The molecule has 2 aromatic rings. The van der Waals surface area contributed by atoms with Crippen molar-refractivity contribution in [2.45, 2.75) is 26.3 Å². The third-order valence-electron chi connectivity index (χ3n) is 3.35. The van der Waals surface area contributed by atoms with Crippen LogP contribution in [0.15, 0.2) is 24.3 Å². The van der Waals surface area contributed by atoms with Crippen molar-refractivity contribution in [1.82, 2.24) is 4.57 Å². The Balaban J connectivity index is 2.26. The first-order chi connectivity index (χ1) is 8.33. The third kappa shape index (κ3) is 1.46. The summed E-state index contributed by atoms with van der Waals surface area (Å²) in [7, 11) is 0. The molecule has 3 nitrogen and oxygen atoms in total. The number of rotatable bonds is 2. The van der Waals surface area contributed by atoms with E-state index >= 15 is 0 Å². The molecular weight excluding hydrogens is 214 g/mol. The highest BCUT2D eigenvalue weighted by molar-refractivity contribution is 6.06. The zero-order valence-corrected chi connectivity index (χ0v) is 9.90. The summed E-state index contributed by atoms with van der Waals surface area (Å²) in [6.45, 7) is 3.28. The van der Waals surface area contributed by atoms with Crippen LogP contribution < -0.4 is 0 Å². The van der Waals surface area contributed by atoms with Crippen molar-refractivity contribution in [2.75, 3.05) is 6.61 Å². The van der Waals surface area contributed by atoms with Crippen LogP contribution in [0.3, 0.4) is 0 Å². The predicted octanol–water partition coefficient (Wildman–Crippen LogP) is 2.76. The summed E-state index contributed by atoms with van der Waals surface area (Å²) in [6.07, 6.45) is 2.09. The summed E-state index contributed by atoms with van der Waals surface area (Å²) >= 11 is 0. The Hall–Kier alpha value is -1.77. The van der Waals surface area contributed by atoms with E-state index in [1.165, 1.54) is 0 Å². The van der Waals surface area contributed by atoms with E-state index in [0.29, 0.717) is 6.61 Å². The van der Waals surface area contributed by atoms with Gasteiger partial charge in [0.05, 0.1) is 12.2 Å². The van der Waals surface area contributed by atoms with Gasteiger partial charge < -0.3 is 9.30 Å². The zero-order valence-electron chi connectivity index (χ0n) is 9.90. The fourth-order valence-electron chi connectivity index (χ4n) is 2.71. The van der Waals surface area contributed by atoms with Crippen molar-refractivity contribution >= 4 is 16.9 Å². The molecule has 88 valence electrons. The van der Waals surface area contributed by atoms with Crippen LogP contribution in [0.25, 0.3) is 10.9 Å². The molecule has 1 aliphatic rings. The van der Waals surface area contributed by atoms with E-state index in [2.05, 4.69) is 10.6 Å². The van der Waals surface area contributed by atoms with Gasteiger partial charge in [-0.1, -0.05) is 18.2 Å². The van der Waals surface area contributed by atoms with Gasteiger partial charge in [0.1, 0.15) is 0 Å². The minimum absolute atomic E-state index is 0.181. The van der Waals surface area contributed by atoms with Gasteiger partial charge in [-0.05, 0) is 25.8 Å². The smallest absolute Gasteiger partial charge is 0.340 e. The number of hydrogen-bond donors (Lipinski definition) is 0. The zero-order chi connectivity index (χ0) is 11.8. The Bertz CT molecular complexity index is 583. The maximum absolute atomic E-state index is 12.0. The lowest BCUT2D eigenvalue weighted by Gasteiger charge is -2.02. The van der Waals surface area contributed by atoms with Crippen LogP contribution >= 0.6 is 0 Å². The molecule has 0 fully saturated rings. The highest BCUT2D eigenvalue weighted by atomic mass is 16.5. The molecule has 1 aromatic heterocycles. The Kier molecular flexibility index (Phi) is 2.39. The molecule has 0 radical (unpaired) electrons. The van der Waals surface area contributed by atoms with E-state index in [4.69, 9.17) is 4.74 Å². The van der Waals surface area contributed by atoms with Crippen LogP contribution in [0.5, 0.6) is 0 Å². The molecule has 0 N–H and O–H groups in total. The standard InChI is InChI=1S/C14H15NO2/c1-2-17-14(16)13-10-6-3-4-7-11(10)15-9-5-8-12(13)15/h3-4,6-7H,2,5,8-9H2,1H3. The maximum atomic E-state index is 12.0. The summed E-state index contributed by atoms with van der Waals surface area (Å²) in [6, 6.07) is 8.07. The van der Waals surface area contributed by atoms with E-state index in [-0.39, 0.29) is 5.97 Å². The van der Waals surface area contributed by atoms with Crippen molar-refractivity contribution in [3.05, 3.63) is 35.5 Å². The van der Waals surface area contributed by atoms with Gasteiger partial charge in [-0.2, -0.15) is 0 Å². The van der Waals surface area contributed by atoms with Crippen LogP contribution in [0.4, 0.5) is 0 Å². The lowest BCUT2D eigenvalue weighted by atomic mass is 10.1. The summed E-state index contributed by atoms with van der Waals surface area (Å²) in [5.74, 6) is -0.181. The molecule has 3 heteroatoms. The van der Waals surface area contributed by atoms with Crippen molar-refractivity contribution in [3.8, 4) is 0 Å². The highest BCUT2D eigenvalue weighted by Gasteiger charge is 2.25. The van der Waals surface area contributed by atoms with Gasteiger partial charge in [-0.25, -0.2) is 4.79 Å². The predicted molar refractivity (Wildman–Crippen MR) is 66.2 cm³/mol. The van der Waals surface area contributed by atoms with E-state index in [1.807, 2.05) is 25.1 Å². The molecule has 0 spiro atoms. The molecule has 0 unspecified atom stereocenters. The molecule has 17 heavy (non-hydrogen) atoms. The van der Waals surface area contributed by atoms with Gasteiger partial charge in [0.2, 0.25) is 0 Å². The van der Waals surface area contributed by atoms with Gasteiger partial charge in [0.25, 0.3) is 0 Å². The number of esters is 1. The monoisotopic (exact) mass is 229 g/mol. The molecule has 1 aromatic carbocycles. The SMILES string of the molecule is CCOC(=O)c1c2n(c3ccccc13)CCC2. The minimum Gasteiger partial charge on any atom is -0.462 e. The highest BCUT2D eigenvalue weighted by Crippen LogP contribution is 2.31. The normalized spacial score (nSPS) is 13.9. The maximum Gasteiger partial charge on any atom is 0.340 e. The first-order valence-electron chi connectivity index (χ1n) is 6.10. The number of hydrogen-bond acceptors (Lipinski definition) is 2. The van der Waals surface area contributed by atoms with Gasteiger partial charge in [-0.15, -0.1) is 0 Å². The molecular formula is C14H15NO2. The topological polar surface area (TPSA) is 31.2 Å². The molecule has 0 amide bonds. The van der Waals surface area contributed by atoms with E-state index < -0.39 is 0 Å². The van der Waals surface area contributed by atoms with E-state index in [9.17, 15) is 4.79 Å². The summed E-state index contributed by atoms with van der Waals surface area (Å²) < 4.78 is 7.42. The van der Waals surface area contributed by atoms with Crippen LogP contribution in [0, 0.1) is 0 Å². The number of fused-ring (bicyclic) bond motifs is 3. The van der Waals surface area contributed by atoms with Crippen molar-refractivity contribution < 1.29 is 9.53 Å². The number of carbonyl (C=O) groups excluding carboxylic acids is 1.